The molecule has 0 aromatic heterocycles. The van der Waals surface area contributed by atoms with Gasteiger partial charge in [-0.1, -0.05) is 0 Å². The summed E-state index contributed by atoms with van der Waals surface area (Å²) in [4.78, 5) is 0. The van der Waals surface area contributed by atoms with E-state index in [-0.39, 0.29) is 5.57 Å². The van der Waals surface area contributed by atoms with E-state index < -0.39 is 6.10 Å². The van der Waals surface area contributed by atoms with Crippen LogP contribution in [0.4, 0.5) is 5.69 Å². The average Bonchev–Trinajstić information content (AvgIpc) is 2.39. The molecule has 0 aliphatic heterocycles. The van der Waals surface area contributed by atoms with Crippen LogP contribution in [0.15, 0.2) is 36.0 Å². The highest BCUT2D eigenvalue weighted by Crippen LogP contribution is 2.15. The van der Waals surface area contributed by atoms with E-state index in [1.54, 1.807) is 43.5 Å². The number of anilines is 1. The third kappa shape index (κ3) is 3.53. The molecule has 0 radical (unpaired) electrons. The number of hydrogen-bond acceptors (Lipinski definition) is 5. The van der Waals surface area contributed by atoms with Gasteiger partial charge in [-0.3, -0.25) is 0 Å². The second-order valence-electron chi connectivity index (χ2n) is 3.12. The van der Waals surface area contributed by atoms with E-state index in [1.807, 2.05) is 0 Å². The van der Waals surface area contributed by atoms with Crippen LogP contribution in [0.3, 0.4) is 0 Å². The molecule has 1 rings (SSSR count). The fourth-order valence-electron chi connectivity index (χ4n) is 1.09. The first-order valence-corrected chi connectivity index (χ1v) is 4.79. The van der Waals surface area contributed by atoms with Crippen molar-refractivity contribution in [1.29, 1.82) is 10.5 Å². The number of nitriles is 2. The smallest absolute Gasteiger partial charge is 0.177 e. The maximum atomic E-state index is 9.17. The molecule has 1 aromatic carbocycles. The maximum Gasteiger partial charge on any atom is 0.177 e. The SMILES string of the molecule is COc1ccc(N/C=C(\C#N)C(O)C#N)cc1. The average molecular weight is 229 g/mol. The van der Waals surface area contributed by atoms with Crippen molar-refractivity contribution >= 4 is 5.69 Å². The molecule has 0 bridgehead atoms. The summed E-state index contributed by atoms with van der Waals surface area (Å²) in [6.07, 6.45) is -0.110. The summed E-state index contributed by atoms with van der Waals surface area (Å²) in [5.41, 5.74) is 0.687. The van der Waals surface area contributed by atoms with E-state index in [0.717, 1.165) is 11.4 Å². The number of nitrogens with one attached hydrogen (secondary N) is 1. The van der Waals surface area contributed by atoms with Gasteiger partial charge in [0.25, 0.3) is 0 Å². The summed E-state index contributed by atoms with van der Waals surface area (Å²) in [6, 6.07) is 10.3. The number of methoxy groups -OCH3 is 1. The quantitative estimate of drug-likeness (QED) is 0.601. The van der Waals surface area contributed by atoms with Gasteiger partial charge in [-0.05, 0) is 24.3 Å². The second-order valence-corrected chi connectivity index (χ2v) is 3.12. The van der Waals surface area contributed by atoms with Gasteiger partial charge < -0.3 is 15.2 Å². The molecule has 86 valence electrons. The molecule has 0 spiro atoms. The molecular weight excluding hydrogens is 218 g/mol. The lowest BCUT2D eigenvalue weighted by Crippen LogP contribution is -2.07. The largest absolute Gasteiger partial charge is 0.497 e. The van der Waals surface area contributed by atoms with Crippen LogP contribution in [0.2, 0.25) is 0 Å². The normalized spacial score (nSPS) is 12.1. The molecule has 0 aliphatic carbocycles. The van der Waals surface area contributed by atoms with E-state index in [4.69, 9.17) is 20.4 Å². The van der Waals surface area contributed by atoms with Crippen molar-refractivity contribution in [3.8, 4) is 17.9 Å². The Morgan fingerprint density at radius 2 is 2.06 bits per heavy atom. The van der Waals surface area contributed by atoms with Gasteiger partial charge in [0.2, 0.25) is 0 Å². The lowest BCUT2D eigenvalue weighted by molar-refractivity contribution is 0.270. The van der Waals surface area contributed by atoms with E-state index in [0.29, 0.717) is 0 Å². The van der Waals surface area contributed by atoms with Crippen LogP contribution >= 0.6 is 0 Å². The van der Waals surface area contributed by atoms with E-state index in [2.05, 4.69) is 5.32 Å². The van der Waals surface area contributed by atoms with Crippen molar-refractivity contribution in [2.75, 3.05) is 12.4 Å². The first-order chi connectivity index (χ1) is 8.21. The number of nitrogens with zero attached hydrogens (tertiary/aromatic N) is 2. The lowest BCUT2D eigenvalue weighted by Gasteiger charge is -2.04. The first kappa shape index (κ1) is 12.6. The number of ether oxygens (including phenoxy) is 1. The van der Waals surface area contributed by atoms with Crippen LogP contribution < -0.4 is 10.1 Å². The van der Waals surface area contributed by atoms with Gasteiger partial charge in [0.05, 0.1) is 18.8 Å². The fourth-order valence-corrected chi connectivity index (χ4v) is 1.09. The molecule has 5 heteroatoms. The Hall–Kier alpha value is -2.50. The van der Waals surface area contributed by atoms with Crippen LogP contribution in [0, 0.1) is 22.7 Å². The van der Waals surface area contributed by atoms with Crippen molar-refractivity contribution in [2.45, 2.75) is 6.10 Å². The Labute approximate surface area is 99.2 Å². The Balaban J connectivity index is 2.75. The highest BCUT2D eigenvalue weighted by molar-refractivity contribution is 5.50. The Bertz CT molecular complexity index is 480. The molecule has 0 aliphatic rings. The Morgan fingerprint density at radius 3 is 2.53 bits per heavy atom. The summed E-state index contributed by atoms with van der Waals surface area (Å²) < 4.78 is 4.99. The third-order valence-corrected chi connectivity index (χ3v) is 2.03. The van der Waals surface area contributed by atoms with Gasteiger partial charge in [0.1, 0.15) is 11.8 Å². The van der Waals surface area contributed by atoms with Crippen molar-refractivity contribution < 1.29 is 9.84 Å². The molecule has 17 heavy (non-hydrogen) atoms. The predicted octanol–water partition coefficient (Wildman–Crippen LogP) is 1.40. The number of rotatable bonds is 4. The summed E-state index contributed by atoms with van der Waals surface area (Å²) in [7, 11) is 1.57. The van der Waals surface area contributed by atoms with Gasteiger partial charge >= 0.3 is 0 Å². The Morgan fingerprint density at radius 1 is 1.41 bits per heavy atom. The molecular formula is C12H11N3O2. The molecule has 0 heterocycles. The number of benzene rings is 1. The summed E-state index contributed by atoms with van der Waals surface area (Å²) in [5, 5.41) is 29.1. The summed E-state index contributed by atoms with van der Waals surface area (Å²) in [5.74, 6) is 0.720. The molecule has 0 saturated carbocycles. The Kier molecular flexibility index (Phi) is 4.56. The number of aliphatic hydroxyl groups excluding tert-OH is 1. The monoisotopic (exact) mass is 229 g/mol. The molecule has 5 nitrogen and oxygen atoms in total. The van der Waals surface area contributed by atoms with E-state index in [9.17, 15) is 0 Å². The van der Waals surface area contributed by atoms with Crippen LogP contribution in [-0.2, 0) is 0 Å². The molecule has 1 unspecified atom stereocenters. The minimum absolute atomic E-state index is 0.0386. The van der Waals surface area contributed by atoms with Crippen LogP contribution in [0.25, 0.3) is 0 Å². The lowest BCUT2D eigenvalue weighted by atomic mass is 10.2. The zero-order valence-electron chi connectivity index (χ0n) is 9.21. The maximum absolute atomic E-state index is 9.17. The van der Waals surface area contributed by atoms with Crippen LogP contribution in [0.5, 0.6) is 5.75 Å². The molecule has 0 saturated heterocycles. The molecule has 1 atom stereocenters. The third-order valence-electron chi connectivity index (χ3n) is 2.03. The number of hydrogen-bond donors (Lipinski definition) is 2. The van der Waals surface area contributed by atoms with E-state index >= 15 is 0 Å². The standard InChI is InChI=1S/C12H11N3O2/c1-17-11-4-2-10(3-5-11)15-8-9(6-13)12(16)7-14/h2-5,8,12,15-16H,1H3/b9-8+. The number of aliphatic hydroxyl groups is 1. The van der Waals surface area contributed by atoms with Crippen molar-refractivity contribution in [3.63, 3.8) is 0 Å². The highest BCUT2D eigenvalue weighted by atomic mass is 16.5. The molecule has 2 N–H and O–H groups in total. The van der Waals surface area contributed by atoms with Gasteiger partial charge in [-0.25, -0.2) is 0 Å². The minimum atomic E-state index is -1.41. The molecule has 0 fully saturated rings. The van der Waals surface area contributed by atoms with Crippen molar-refractivity contribution in [3.05, 3.63) is 36.0 Å². The van der Waals surface area contributed by atoms with Crippen molar-refractivity contribution in [2.24, 2.45) is 0 Å². The fraction of sp³-hybridized carbons (Fsp3) is 0.167. The highest BCUT2D eigenvalue weighted by Gasteiger charge is 2.07. The van der Waals surface area contributed by atoms with Crippen LogP contribution in [0.1, 0.15) is 0 Å². The van der Waals surface area contributed by atoms with Crippen LogP contribution in [-0.4, -0.2) is 18.3 Å². The topological polar surface area (TPSA) is 89.1 Å². The predicted molar refractivity (Wildman–Crippen MR) is 61.9 cm³/mol. The van der Waals surface area contributed by atoms with Gasteiger partial charge in [0.15, 0.2) is 6.10 Å². The molecule has 1 aromatic rings. The van der Waals surface area contributed by atoms with E-state index in [1.165, 1.54) is 6.20 Å². The first-order valence-electron chi connectivity index (χ1n) is 4.79. The zero-order chi connectivity index (χ0) is 12.7. The summed E-state index contributed by atoms with van der Waals surface area (Å²) in [6.45, 7) is 0. The minimum Gasteiger partial charge on any atom is -0.497 e. The van der Waals surface area contributed by atoms with Gasteiger partial charge in [0, 0.05) is 11.9 Å². The zero-order valence-corrected chi connectivity index (χ0v) is 9.21. The summed E-state index contributed by atoms with van der Waals surface area (Å²) >= 11 is 0. The van der Waals surface area contributed by atoms with Gasteiger partial charge in [-0.15, -0.1) is 0 Å². The second kappa shape index (κ2) is 6.16. The molecule has 0 amide bonds. The van der Waals surface area contributed by atoms with Gasteiger partial charge in [-0.2, -0.15) is 10.5 Å². The van der Waals surface area contributed by atoms with Crippen molar-refractivity contribution in [1.82, 2.24) is 0 Å².